The van der Waals surface area contributed by atoms with Crippen LogP contribution < -0.4 is 10.5 Å². The van der Waals surface area contributed by atoms with E-state index in [-0.39, 0.29) is 17.1 Å². The van der Waals surface area contributed by atoms with Gasteiger partial charge in [-0.25, -0.2) is 13.1 Å². The van der Waals surface area contributed by atoms with E-state index < -0.39 is 15.3 Å². The molecular weight excluding hydrogens is 260 g/mol. The molecule has 3 N–H and O–H groups in total. The second-order valence-corrected chi connectivity index (χ2v) is 7.28. The molecule has 0 amide bonds. The molecule has 5 nitrogen and oxygen atoms in total. The molecule has 1 saturated carbocycles. The maximum Gasteiger partial charge on any atom is 0.221 e. The van der Waals surface area contributed by atoms with E-state index in [0.29, 0.717) is 12.5 Å². The molecular formula is C10H18N2O3S2. The van der Waals surface area contributed by atoms with Gasteiger partial charge in [0.05, 0.1) is 17.1 Å². The Balaban J connectivity index is 2.02. The number of sulfonamides is 1. The third-order valence-corrected chi connectivity index (χ3v) is 5.72. The molecule has 0 aromatic heterocycles. The number of hydrogen-bond donors (Lipinski definition) is 2. The van der Waals surface area contributed by atoms with E-state index in [0.717, 1.165) is 19.3 Å². The van der Waals surface area contributed by atoms with Crippen molar-refractivity contribution in [3.05, 3.63) is 0 Å². The summed E-state index contributed by atoms with van der Waals surface area (Å²) in [5.41, 5.74) is 5.38. The van der Waals surface area contributed by atoms with Crippen molar-refractivity contribution in [1.29, 1.82) is 0 Å². The Morgan fingerprint density at radius 2 is 2.12 bits per heavy atom. The van der Waals surface area contributed by atoms with Crippen LogP contribution in [0.1, 0.15) is 26.2 Å². The summed E-state index contributed by atoms with van der Waals surface area (Å²) < 4.78 is 32.2. The van der Waals surface area contributed by atoms with Crippen LogP contribution in [0.4, 0.5) is 0 Å². The van der Waals surface area contributed by atoms with Crippen molar-refractivity contribution in [2.24, 2.45) is 11.7 Å². The van der Waals surface area contributed by atoms with Gasteiger partial charge in [-0.15, -0.1) is 0 Å². The third kappa shape index (κ3) is 2.96. The minimum absolute atomic E-state index is 0.000567. The smallest absolute Gasteiger partial charge is 0.221 e. The van der Waals surface area contributed by atoms with Crippen molar-refractivity contribution in [2.45, 2.75) is 43.6 Å². The number of hydrogen-bond acceptors (Lipinski definition) is 4. The van der Waals surface area contributed by atoms with Gasteiger partial charge in [-0.05, 0) is 32.1 Å². The summed E-state index contributed by atoms with van der Waals surface area (Å²) >= 11 is 4.73. The molecule has 7 heteroatoms. The summed E-state index contributed by atoms with van der Waals surface area (Å²) in [4.78, 5) is -0.000567. The summed E-state index contributed by atoms with van der Waals surface area (Å²) in [5.74, 6) is 0.519. The van der Waals surface area contributed by atoms with Gasteiger partial charge in [-0.1, -0.05) is 12.2 Å². The molecule has 2 rings (SSSR count). The van der Waals surface area contributed by atoms with Crippen molar-refractivity contribution in [3.8, 4) is 0 Å². The Labute approximate surface area is 107 Å². The highest BCUT2D eigenvalue weighted by Gasteiger charge is 2.42. The lowest BCUT2D eigenvalue weighted by Crippen LogP contribution is -2.47. The molecule has 1 aliphatic heterocycles. The molecule has 3 atom stereocenters. The highest BCUT2D eigenvalue weighted by molar-refractivity contribution is 7.93. The van der Waals surface area contributed by atoms with Crippen LogP contribution in [0.3, 0.4) is 0 Å². The van der Waals surface area contributed by atoms with E-state index >= 15 is 0 Å². The van der Waals surface area contributed by atoms with Gasteiger partial charge in [-0.3, -0.25) is 0 Å². The van der Waals surface area contributed by atoms with E-state index in [4.69, 9.17) is 22.7 Å². The average molecular weight is 278 g/mol. The summed E-state index contributed by atoms with van der Waals surface area (Å²) in [6.45, 7) is 2.13. The topological polar surface area (TPSA) is 81.4 Å². The molecule has 0 aromatic rings. The zero-order chi connectivity index (χ0) is 12.6. The minimum atomic E-state index is -3.48. The molecule has 1 heterocycles. The Morgan fingerprint density at radius 3 is 2.65 bits per heavy atom. The quantitative estimate of drug-likeness (QED) is 0.700. The first-order chi connectivity index (χ1) is 7.92. The number of rotatable bonds is 5. The highest BCUT2D eigenvalue weighted by atomic mass is 32.2. The van der Waals surface area contributed by atoms with E-state index in [1.54, 1.807) is 0 Å². The molecule has 17 heavy (non-hydrogen) atoms. The zero-order valence-electron chi connectivity index (χ0n) is 9.76. The lowest BCUT2D eigenvalue weighted by atomic mass is 10.1. The molecule has 0 bridgehead atoms. The van der Waals surface area contributed by atoms with Gasteiger partial charge in [0.25, 0.3) is 0 Å². The van der Waals surface area contributed by atoms with Gasteiger partial charge in [0.15, 0.2) is 0 Å². The van der Waals surface area contributed by atoms with Gasteiger partial charge in [0, 0.05) is 6.61 Å². The standard InChI is InChI=1S/C10H18N2O3S2/c1-6(10(11)16)17(13,14)12-8-4-5-15-9(8)7-2-3-7/h6-9,12H,2-5H2,1H3,(H2,11,16). The average Bonchev–Trinajstić information content (AvgIpc) is 2.99. The first-order valence-corrected chi connectivity index (χ1v) is 7.79. The fourth-order valence-electron chi connectivity index (χ4n) is 2.09. The van der Waals surface area contributed by atoms with Crippen molar-refractivity contribution in [1.82, 2.24) is 4.72 Å². The number of thiocarbonyl (C=S) groups is 1. The molecule has 98 valence electrons. The molecule has 1 saturated heterocycles. The van der Waals surface area contributed by atoms with Crippen molar-refractivity contribution < 1.29 is 13.2 Å². The molecule has 2 fully saturated rings. The normalized spacial score (nSPS) is 31.4. The van der Waals surface area contributed by atoms with Crippen molar-refractivity contribution in [3.63, 3.8) is 0 Å². The van der Waals surface area contributed by atoms with Gasteiger partial charge in [0.2, 0.25) is 10.0 Å². The molecule has 3 unspecified atom stereocenters. The monoisotopic (exact) mass is 278 g/mol. The fourth-order valence-corrected chi connectivity index (χ4v) is 3.66. The highest BCUT2D eigenvalue weighted by Crippen LogP contribution is 2.38. The third-order valence-electron chi connectivity index (χ3n) is 3.40. The van der Waals surface area contributed by atoms with Crippen LogP contribution in [0.15, 0.2) is 0 Å². The van der Waals surface area contributed by atoms with Crippen LogP contribution in [0, 0.1) is 5.92 Å². The van der Waals surface area contributed by atoms with Crippen LogP contribution in [0.5, 0.6) is 0 Å². The number of nitrogens with two attached hydrogens (primary N) is 1. The molecule has 0 aromatic carbocycles. The largest absolute Gasteiger partial charge is 0.392 e. The summed E-state index contributed by atoms with van der Waals surface area (Å²) in [6.07, 6.45) is 3.02. The van der Waals surface area contributed by atoms with Gasteiger partial charge in [0.1, 0.15) is 5.25 Å². The van der Waals surface area contributed by atoms with Gasteiger partial charge >= 0.3 is 0 Å². The fraction of sp³-hybridized carbons (Fsp3) is 0.900. The van der Waals surface area contributed by atoms with Crippen LogP contribution in [-0.4, -0.2) is 37.4 Å². The first-order valence-electron chi connectivity index (χ1n) is 5.84. The lowest BCUT2D eigenvalue weighted by Gasteiger charge is -2.21. The lowest BCUT2D eigenvalue weighted by molar-refractivity contribution is 0.0848. The Bertz CT molecular complexity index is 406. The summed E-state index contributed by atoms with van der Waals surface area (Å²) in [7, 11) is -3.48. The predicted octanol–water partition coefficient (Wildman–Crippen LogP) is 0.148. The SMILES string of the molecule is CC(C(N)=S)S(=O)(=O)NC1CCOC1C1CC1. The Kier molecular flexibility index (Phi) is 3.72. The van der Waals surface area contributed by atoms with Gasteiger partial charge < -0.3 is 10.5 Å². The van der Waals surface area contributed by atoms with E-state index in [1.807, 2.05) is 0 Å². The first kappa shape index (κ1) is 13.2. The summed E-state index contributed by atoms with van der Waals surface area (Å²) in [6, 6.07) is -0.121. The number of nitrogens with one attached hydrogen (secondary N) is 1. The second kappa shape index (κ2) is 4.79. The molecule has 2 aliphatic rings. The number of ether oxygens (including phenoxy) is 1. The van der Waals surface area contributed by atoms with Crippen LogP contribution >= 0.6 is 12.2 Å². The summed E-state index contributed by atoms with van der Waals surface area (Å²) in [5, 5.41) is -0.835. The van der Waals surface area contributed by atoms with E-state index in [2.05, 4.69) is 4.72 Å². The van der Waals surface area contributed by atoms with Crippen LogP contribution in [-0.2, 0) is 14.8 Å². The molecule has 0 radical (unpaired) electrons. The van der Waals surface area contributed by atoms with E-state index in [1.165, 1.54) is 6.92 Å². The maximum atomic E-state index is 12.0. The second-order valence-electron chi connectivity index (χ2n) is 4.78. The van der Waals surface area contributed by atoms with Crippen LogP contribution in [0.2, 0.25) is 0 Å². The molecule has 0 spiro atoms. The van der Waals surface area contributed by atoms with Crippen LogP contribution in [0.25, 0.3) is 0 Å². The zero-order valence-corrected chi connectivity index (χ0v) is 11.4. The van der Waals surface area contributed by atoms with Gasteiger partial charge in [-0.2, -0.15) is 0 Å². The van der Waals surface area contributed by atoms with Crippen molar-refractivity contribution >= 4 is 27.2 Å². The Hall–Kier alpha value is -0.240. The maximum absolute atomic E-state index is 12.0. The predicted molar refractivity (Wildman–Crippen MR) is 69.2 cm³/mol. The Morgan fingerprint density at radius 1 is 1.47 bits per heavy atom. The minimum Gasteiger partial charge on any atom is -0.392 e. The molecule has 1 aliphatic carbocycles. The van der Waals surface area contributed by atoms with E-state index in [9.17, 15) is 8.42 Å². The van der Waals surface area contributed by atoms with Crippen molar-refractivity contribution in [2.75, 3.05) is 6.61 Å².